The van der Waals surface area contributed by atoms with Crippen molar-refractivity contribution in [1.82, 2.24) is 0 Å². The van der Waals surface area contributed by atoms with Crippen molar-refractivity contribution >= 4 is 7.85 Å². The average Bonchev–Trinajstić information content (AvgIpc) is 2.29. The molecule has 0 heterocycles. The molecule has 0 amide bonds. The summed E-state index contributed by atoms with van der Waals surface area (Å²) < 4.78 is 10.7. The third-order valence-electron chi connectivity index (χ3n) is 2.31. The van der Waals surface area contributed by atoms with Crippen molar-refractivity contribution in [3.8, 4) is 5.75 Å². The molecule has 0 aliphatic carbocycles. The molecule has 0 bridgehead atoms. The van der Waals surface area contributed by atoms with Crippen LogP contribution in [0.1, 0.15) is 25.3 Å². The molecule has 0 fully saturated rings. The molecule has 0 saturated carbocycles. The SMILES string of the molecule is [B]CCOCCOc1ccc(C(C)C)cc1. The van der Waals surface area contributed by atoms with E-state index in [9.17, 15) is 0 Å². The van der Waals surface area contributed by atoms with Gasteiger partial charge in [0.25, 0.3) is 0 Å². The van der Waals surface area contributed by atoms with E-state index in [2.05, 4.69) is 26.0 Å². The zero-order valence-corrected chi connectivity index (χ0v) is 10.1. The van der Waals surface area contributed by atoms with Gasteiger partial charge in [-0.2, -0.15) is 0 Å². The van der Waals surface area contributed by atoms with Gasteiger partial charge in [-0.3, -0.25) is 0 Å². The first-order chi connectivity index (χ1) is 7.74. The molecule has 3 heteroatoms. The van der Waals surface area contributed by atoms with Gasteiger partial charge in [-0.25, -0.2) is 0 Å². The highest BCUT2D eigenvalue weighted by Gasteiger charge is 1.99. The average molecular weight is 218 g/mol. The largest absolute Gasteiger partial charge is 0.491 e. The van der Waals surface area contributed by atoms with Crippen LogP contribution in [0.25, 0.3) is 0 Å². The summed E-state index contributed by atoms with van der Waals surface area (Å²) in [6, 6.07) is 8.19. The zero-order valence-electron chi connectivity index (χ0n) is 10.1. The highest BCUT2D eigenvalue weighted by Crippen LogP contribution is 2.18. The van der Waals surface area contributed by atoms with Gasteiger partial charge in [0.1, 0.15) is 12.4 Å². The Morgan fingerprint density at radius 3 is 2.31 bits per heavy atom. The van der Waals surface area contributed by atoms with Crippen LogP contribution < -0.4 is 4.74 Å². The first-order valence-electron chi connectivity index (χ1n) is 5.74. The summed E-state index contributed by atoms with van der Waals surface area (Å²) in [5.74, 6) is 1.45. The molecule has 0 aliphatic rings. The van der Waals surface area contributed by atoms with Gasteiger partial charge in [0.15, 0.2) is 0 Å². The van der Waals surface area contributed by atoms with E-state index in [1.165, 1.54) is 5.56 Å². The lowest BCUT2D eigenvalue weighted by atomic mass is 10.0. The van der Waals surface area contributed by atoms with Gasteiger partial charge in [-0.1, -0.05) is 32.3 Å². The number of hydrogen-bond donors (Lipinski definition) is 0. The van der Waals surface area contributed by atoms with Gasteiger partial charge in [-0.05, 0) is 23.6 Å². The van der Waals surface area contributed by atoms with Gasteiger partial charge in [0, 0.05) is 6.61 Å². The highest BCUT2D eigenvalue weighted by atomic mass is 16.5. The Hall–Kier alpha value is -0.955. The first-order valence-corrected chi connectivity index (χ1v) is 5.74. The van der Waals surface area contributed by atoms with Crippen LogP contribution in [-0.4, -0.2) is 27.7 Å². The fourth-order valence-electron chi connectivity index (χ4n) is 1.35. The number of rotatable bonds is 7. The molecule has 86 valence electrons. The van der Waals surface area contributed by atoms with E-state index in [-0.39, 0.29) is 0 Å². The van der Waals surface area contributed by atoms with Crippen molar-refractivity contribution in [2.75, 3.05) is 19.8 Å². The topological polar surface area (TPSA) is 18.5 Å². The molecule has 16 heavy (non-hydrogen) atoms. The minimum Gasteiger partial charge on any atom is -0.491 e. The second kappa shape index (κ2) is 7.34. The predicted molar refractivity (Wildman–Crippen MR) is 67.4 cm³/mol. The summed E-state index contributed by atoms with van der Waals surface area (Å²) in [6.45, 7) is 6.10. The van der Waals surface area contributed by atoms with E-state index in [4.69, 9.17) is 17.3 Å². The molecule has 1 rings (SSSR count). The molecule has 0 spiro atoms. The van der Waals surface area contributed by atoms with E-state index in [0.717, 1.165) is 5.75 Å². The van der Waals surface area contributed by atoms with Crippen LogP contribution >= 0.6 is 0 Å². The molecule has 0 aliphatic heterocycles. The smallest absolute Gasteiger partial charge is 0.119 e. The Balaban J connectivity index is 2.27. The van der Waals surface area contributed by atoms with Crippen molar-refractivity contribution < 1.29 is 9.47 Å². The lowest BCUT2D eigenvalue weighted by Crippen LogP contribution is -2.07. The lowest BCUT2D eigenvalue weighted by Gasteiger charge is -2.09. The van der Waals surface area contributed by atoms with E-state index < -0.39 is 0 Å². The number of benzene rings is 1. The van der Waals surface area contributed by atoms with Gasteiger partial charge in [0.05, 0.1) is 14.5 Å². The Bertz CT molecular complexity index is 282. The quantitative estimate of drug-likeness (QED) is 0.517. The van der Waals surface area contributed by atoms with E-state index in [0.29, 0.717) is 32.1 Å². The molecular formula is C13H19BO2. The third kappa shape index (κ3) is 4.71. The van der Waals surface area contributed by atoms with Gasteiger partial charge >= 0.3 is 0 Å². The summed E-state index contributed by atoms with van der Waals surface area (Å²) in [5.41, 5.74) is 1.33. The second-order valence-corrected chi connectivity index (χ2v) is 3.97. The van der Waals surface area contributed by atoms with Crippen LogP contribution in [-0.2, 0) is 4.74 Å². The molecular weight excluding hydrogens is 199 g/mol. The Morgan fingerprint density at radius 2 is 1.75 bits per heavy atom. The molecule has 0 atom stereocenters. The summed E-state index contributed by atoms with van der Waals surface area (Å²) in [5, 5.41) is 0. The zero-order chi connectivity index (χ0) is 11.8. The summed E-state index contributed by atoms with van der Waals surface area (Å²) >= 11 is 0. The molecule has 2 radical (unpaired) electrons. The lowest BCUT2D eigenvalue weighted by molar-refractivity contribution is 0.110. The Kier molecular flexibility index (Phi) is 6.01. The fraction of sp³-hybridized carbons (Fsp3) is 0.538. The second-order valence-electron chi connectivity index (χ2n) is 3.97. The minimum atomic E-state index is 0.557. The molecule has 1 aromatic carbocycles. The van der Waals surface area contributed by atoms with Crippen molar-refractivity contribution in [3.05, 3.63) is 29.8 Å². The maximum Gasteiger partial charge on any atom is 0.119 e. The minimum absolute atomic E-state index is 0.557. The number of ether oxygens (including phenoxy) is 2. The molecule has 0 saturated heterocycles. The van der Waals surface area contributed by atoms with Gasteiger partial charge in [0.2, 0.25) is 0 Å². The van der Waals surface area contributed by atoms with Crippen molar-refractivity contribution in [3.63, 3.8) is 0 Å². The van der Waals surface area contributed by atoms with Crippen LogP contribution in [0.3, 0.4) is 0 Å². The highest BCUT2D eigenvalue weighted by molar-refractivity contribution is 6.08. The maximum absolute atomic E-state index is 5.52. The van der Waals surface area contributed by atoms with Crippen molar-refractivity contribution in [2.24, 2.45) is 0 Å². The van der Waals surface area contributed by atoms with Gasteiger partial charge in [-0.15, -0.1) is 0 Å². The van der Waals surface area contributed by atoms with Crippen LogP contribution in [0.15, 0.2) is 24.3 Å². The van der Waals surface area contributed by atoms with Crippen LogP contribution in [0.5, 0.6) is 5.75 Å². The summed E-state index contributed by atoms with van der Waals surface area (Å²) in [4.78, 5) is 0. The van der Waals surface area contributed by atoms with Gasteiger partial charge < -0.3 is 9.47 Å². The predicted octanol–water partition coefficient (Wildman–Crippen LogP) is 2.79. The van der Waals surface area contributed by atoms with E-state index >= 15 is 0 Å². The Labute approximate surface area is 99.4 Å². The monoisotopic (exact) mass is 218 g/mol. The van der Waals surface area contributed by atoms with Crippen molar-refractivity contribution in [2.45, 2.75) is 26.1 Å². The molecule has 0 N–H and O–H groups in total. The third-order valence-corrected chi connectivity index (χ3v) is 2.31. The van der Waals surface area contributed by atoms with E-state index in [1.54, 1.807) is 0 Å². The standard InChI is InChI=1S/C13H19BO2/c1-11(2)12-3-5-13(6-4-12)16-10-9-15-8-7-14/h3-6,11H,7-10H2,1-2H3. The molecule has 0 unspecified atom stereocenters. The summed E-state index contributed by atoms with van der Waals surface area (Å²) in [6.07, 6.45) is 0.559. The number of hydrogen-bond acceptors (Lipinski definition) is 2. The molecule has 0 aromatic heterocycles. The molecule has 2 nitrogen and oxygen atoms in total. The molecule has 1 aromatic rings. The fourth-order valence-corrected chi connectivity index (χ4v) is 1.35. The maximum atomic E-state index is 5.52. The van der Waals surface area contributed by atoms with Crippen molar-refractivity contribution in [1.29, 1.82) is 0 Å². The van der Waals surface area contributed by atoms with Crippen LogP contribution in [0.4, 0.5) is 0 Å². The Morgan fingerprint density at radius 1 is 1.06 bits per heavy atom. The van der Waals surface area contributed by atoms with Crippen LogP contribution in [0.2, 0.25) is 6.32 Å². The summed E-state index contributed by atoms with van der Waals surface area (Å²) in [7, 11) is 5.30. The normalized spacial score (nSPS) is 10.7. The first kappa shape index (κ1) is 13.1. The van der Waals surface area contributed by atoms with E-state index in [1.807, 2.05) is 12.1 Å². The van der Waals surface area contributed by atoms with Crippen LogP contribution in [0, 0.1) is 0 Å².